The molecule has 1 amide bonds. The number of aromatic nitrogens is 3. The molecule has 144 valence electrons. The Kier molecular flexibility index (Phi) is 4.65. The lowest BCUT2D eigenvalue weighted by molar-refractivity contribution is -0.385. The Hall–Kier alpha value is -4.02. The highest BCUT2D eigenvalue weighted by Gasteiger charge is 2.19. The quantitative estimate of drug-likeness (QED) is 0.518. The lowest BCUT2D eigenvalue weighted by Crippen LogP contribution is -2.37. The number of nitrogens with one attached hydrogen (secondary N) is 1. The molecule has 11 nitrogen and oxygen atoms in total. The second-order valence-corrected chi connectivity index (χ2v) is 5.90. The Morgan fingerprint density at radius 2 is 1.93 bits per heavy atom. The van der Waals surface area contributed by atoms with Crippen molar-refractivity contribution < 1.29 is 14.5 Å². The van der Waals surface area contributed by atoms with E-state index in [0.29, 0.717) is 0 Å². The van der Waals surface area contributed by atoms with Gasteiger partial charge >= 0.3 is 11.4 Å². The van der Waals surface area contributed by atoms with Crippen LogP contribution >= 0.6 is 0 Å². The van der Waals surface area contributed by atoms with Crippen molar-refractivity contribution in [2.75, 3.05) is 12.4 Å². The van der Waals surface area contributed by atoms with Crippen LogP contribution < -0.4 is 21.3 Å². The summed E-state index contributed by atoms with van der Waals surface area (Å²) in [6, 6.07) is 5.17. The van der Waals surface area contributed by atoms with Gasteiger partial charge in [0.15, 0.2) is 5.75 Å². The zero-order valence-corrected chi connectivity index (χ0v) is 15.1. The first kappa shape index (κ1) is 18.8. The summed E-state index contributed by atoms with van der Waals surface area (Å²) in [6.07, 6.45) is 1.29. The number of carbonyl (C=O) groups is 1. The molecular weight excluding hydrogens is 370 g/mol. The largest absolute Gasteiger partial charge is 0.490 e. The average molecular weight is 385 g/mol. The van der Waals surface area contributed by atoms with Gasteiger partial charge in [-0.15, -0.1) is 0 Å². The Labute approximate surface area is 157 Å². The van der Waals surface area contributed by atoms with Crippen LogP contribution in [0.5, 0.6) is 5.75 Å². The fourth-order valence-corrected chi connectivity index (χ4v) is 2.71. The van der Waals surface area contributed by atoms with E-state index in [4.69, 9.17) is 4.74 Å². The van der Waals surface area contributed by atoms with E-state index in [1.165, 1.54) is 50.2 Å². The molecule has 0 aliphatic rings. The van der Waals surface area contributed by atoms with Crippen LogP contribution in [-0.4, -0.2) is 32.1 Å². The van der Waals surface area contributed by atoms with Crippen molar-refractivity contribution in [1.29, 1.82) is 0 Å². The molecular formula is C17H15N5O6. The Balaban J connectivity index is 2.00. The molecule has 2 heterocycles. The van der Waals surface area contributed by atoms with Crippen molar-refractivity contribution in [2.24, 2.45) is 14.1 Å². The van der Waals surface area contributed by atoms with Crippen molar-refractivity contribution in [3.05, 3.63) is 67.0 Å². The lowest BCUT2D eigenvalue weighted by Gasteiger charge is -2.09. The van der Waals surface area contributed by atoms with Gasteiger partial charge in [0.05, 0.1) is 29.3 Å². The number of benzene rings is 1. The molecule has 3 rings (SSSR count). The summed E-state index contributed by atoms with van der Waals surface area (Å²) in [7, 11) is 4.11. The molecule has 0 saturated carbocycles. The molecule has 0 aliphatic heterocycles. The summed E-state index contributed by atoms with van der Waals surface area (Å²) in [5.41, 5.74) is -1.02. The number of anilines is 1. The van der Waals surface area contributed by atoms with Gasteiger partial charge in [0.1, 0.15) is 5.65 Å². The molecule has 3 aromatic rings. The van der Waals surface area contributed by atoms with E-state index in [1.807, 2.05) is 0 Å². The first-order chi connectivity index (χ1) is 13.2. The molecule has 0 radical (unpaired) electrons. The van der Waals surface area contributed by atoms with E-state index in [-0.39, 0.29) is 33.7 Å². The van der Waals surface area contributed by atoms with Crippen LogP contribution in [0.15, 0.2) is 40.1 Å². The zero-order valence-electron chi connectivity index (χ0n) is 15.1. The highest BCUT2D eigenvalue weighted by Crippen LogP contribution is 2.27. The minimum atomic E-state index is -0.655. The maximum Gasteiger partial charge on any atom is 0.332 e. The van der Waals surface area contributed by atoms with Crippen LogP contribution in [-0.2, 0) is 14.1 Å². The van der Waals surface area contributed by atoms with Gasteiger partial charge in [-0.1, -0.05) is 0 Å². The number of carbonyl (C=O) groups excluding carboxylic acids is 1. The van der Waals surface area contributed by atoms with Crippen LogP contribution in [0.1, 0.15) is 10.4 Å². The number of nitro groups is 1. The first-order valence-electron chi connectivity index (χ1n) is 7.94. The van der Waals surface area contributed by atoms with Gasteiger partial charge in [-0.2, -0.15) is 0 Å². The molecule has 0 atom stereocenters. The molecule has 11 heteroatoms. The van der Waals surface area contributed by atoms with Gasteiger partial charge in [0, 0.05) is 25.7 Å². The maximum atomic E-state index is 12.5. The first-order valence-corrected chi connectivity index (χ1v) is 7.94. The van der Waals surface area contributed by atoms with E-state index >= 15 is 0 Å². The van der Waals surface area contributed by atoms with Gasteiger partial charge in [0.2, 0.25) is 0 Å². The summed E-state index contributed by atoms with van der Waals surface area (Å²) < 4.78 is 7.06. The average Bonchev–Trinajstić information content (AvgIpc) is 2.69. The van der Waals surface area contributed by atoms with Crippen LogP contribution in [0.25, 0.3) is 11.0 Å². The van der Waals surface area contributed by atoms with E-state index in [9.17, 15) is 24.5 Å². The van der Waals surface area contributed by atoms with Crippen LogP contribution in [0.3, 0.4) is 0 Å². The maximum absolute atomic E-state index is 12.5. The smallest absolute Gasteiger partial charge is 0.332 e. The van der Waals surface area contributed by atoms with Gasteiger partial charge in [-0.05, 0) is 18.2 Å². The van der Waals surface area contributed by atoms with Gasteiger partial charge < -0.3 is 10.1 Å². The normalized spacial score (nSPS) is 10.7. The molecule has 0 unspecified atom stereocenters. The number of amides is 1. The van der Waals surface area contributed by atoms with Crippen LogP contribution in [0.2, 0.25) is 0 Å². The Morgan fingerprint density at radius 1 is 1.21 bits per heavy atom. The summed E-state index contributed by atoms with van der Waals surface area (Å²) in [5.74, 6) is -0.605. The number of nitrogens with zero attached hydrogens (tertiary/aromatic N) is 4. The van der Waals surface area contributed by atoms with Crippen molar-refractivity contribution in [2.45, 2.75) is 0 Å². The molecule has 0 fully saturated rings. The van der Waals surface area contributed by atoms with E-state index < -0.39 is 22.1 Å². The third kappa shape index (κ3) is 3.09. The minimum absolute atomic E-state index is 0.0262. The number of pyridine rings is 1. The fraction of sp³-hybridized carbons (Fsp3) is 0.176. The van der Waals surface area contributed by atoms with Crippen molar-refractivity contribution >= 4 is 28.3 Å². The number of nitro benzene ring substituents is 1. The van der Waals surface area contributed by atoms with E-state index in [2.05, 4.69) is 10.3 Å². The van der Waals surface area contributed by atoms with Crippen molar-refractivity contribution in [3.63, 3.8) is 0 Å². The predicted molar refractivity (Wildman–Crippen MR) is 99.8 cm³/mol. The molecule has 0 spiro atoms. The molecule has 0 bridgehead atoms. The monoisotopic (exact) mass is 385 g/mol. The molecule has 0 saturated heterocycles. The Bertz CT molecular complexity index is 1240. The van der Waals surface area contributed by atoms with Gasteiger partial charge in [-0.3, -0.25) is 28.8 Å². The number of methoxy groups -OCH3 is 1. The predicted octanol–water partition coefficient (Wildman–Crippen LogP) is 0.801. The van der Waals surface area contributed by atoms with E-state index in [0.717, 1.165) is 10.6 Å². The minimum Gasteiger partial charge on any atom is -0.490 e. The molecule has 0 aliphatic carbocycles. The third-order valence-electron chi connectivity index (χ3n) is 4.19. The van der Waals surface area contributed by atoms with Crippen molar-refractivity contribution in [1.82, 2.24) is 14.1 Å². The lowest BCUT2D eigenvalue weighted by atomic mass is 10.1. The summed E-state index contributed by atoms with van der Waals surface area (Å²) in [5, 5.41) is 13.8. The standard InChI is InChI=1S/C17H15N5O6/c1-20-14-11(16(24)21(2)17(20)25)7-10(8-18-14)19-15(23)9-4-5-13(28-3)12(6-9)22(26)27/h4-8H,1-3H3,(H,19,23). The highest BCUT2D eigenvalue weighted by molar-refractivity contribution is 6.05. The number of ether oxygens (including phenoxy) is 1. The second-order valence-electron chi connectivity index (χ2n) is 5.90. The fourth-order valence-electron chi connectivity index (χ4n) is 2.71. The summed E-state index contributed by atoms with van der Waals surface area (Å²) in [4.78, 5) is 51.2. The summed E-state index contributed by atoms with van der Waals surface area (Å²) in [6.45, 7) is 0. The van der Waals surface area contributed by atoms with Crippen LogP contribution in [0, 0.1) is 10.1 Å². The summed E-state index contributed by atoms with van der Waals surface area (Å²) >= 11 is 0. The zero-order chi connectivity index (χ0) is 20.6. The second kappa shape index (κ2) is 6.95. The number of rotatable bonds is 4. The molecule has 28 heavy (non-hydrogen) atoms. The number of aryl methyl sites for hydroxylation is 1. The van der Waals surface area contributed by atoms with E-state index in [1.54, 1.807) is 0 Å². The van der Waals surface area contributed by atoms with Gasteiger partial charge in [-0.25, -0.2) is 9.78 Å². The molecule has 2 aromatic heterocycles. The topological polar surface area (TPSA) is 138 Å². The molecule has 1 aromatic carbocycles. The number of hydrogen-bond acceptors (Lipinski definition) is 7. The van der Waals surface area contributed by atoms with Crippen molar-refractivity contribution in [3.8, 4) is 5.75 Å². The Morgan fingerprint density at radius 3 is 2.57 bits per heavy atom. The number of fused-ring (bicyclic) bond motifs is 1. The SMILES string of the molecule is COc1ccc(C(=O)Nc2cnc3c(c2)c(=O)n(C)c(=O)n3C)cc1[N+](=O)[O-]. The van der Waals surface area contributed by atoms with Crippen LogP contribution in [0.4, 0.5) is 11.4 Å². The molecule has 1 N–H and O–H groups in total. The third-order valence-corrected chi connectivity index (χ3v) is 4.19. The number of hydrogen-bond donors (Lipinski definition) is 1. The van der Waals surface area contributed by atoms with Gasteiger partial charge in [0.25, 0.3) is 11.5 Å². The highest BCUT2D eigenvalue weighted by atomic mass is 16.6.